The summed E-state index contributed by atoms with van der Waals surface area (Å²) in [6.07, 6.45) is 0. The molecule has 2 rings (SSSR count). The highest BCUT2D eigenvalue weighted by Gasteiger charge is 2.21. The van der Waals surface area contributed by atoms with E-state index in [0.717, 1.165) is 6.54 Å². The first-order valence-electron chi connectivity index (χ1n) is 6.65. The molecule has 0 spiro atoms. The number of hydrogen-bond acceptors (Lipinski definition) is 5. The molecule has 20 heavy (non-hydrogen) atoms. The van der Waals surface area contributed by atoms with Crippen LogP contribution in [0.25, 0.3) is 0 Å². The highest BCUT2D eigenvalue weighted by molar-refractivity contribution is 7.93. The Kier molecular flexibility index (Phi) is 4.72. The van der Waals surface area contributed by atoms with E-state index in [1.54, 1.807) is 25.1 Å². The van der Waals surface area contributed by atoms with Crippen molar-refractivity contribution in [3.05, 3.63) is 18.2 Å². The van der Waals surface area contributed by atoms with Gasteiger partial charge in [0.25, 0.3) is 0 Å². The van der Waals surface area contributed by atoms with Crippen LogP contribution in [-0.2, 0) is 10.0 Å². The smallest absolute Gasteiger partial charge is 0.236 e. The molecular formula is C13H20N2O4S. The third kappa shape index (κ3) is 3.55. The highest BCUT2D eigenvalue weighted by Crippen LogP contribution is 2.33. The molecule has 1 aromatic carbocycles. The van der Waals surface area contributed by atoms with Crippen LogP contribution in [0.15, 0.2) is 18.2 Å². The maximum atomic E-state index is 12.2. The fourth-order valence-electron chi connectivity index (χ4n) is 1.83. The maximum absolute atomic E-state index is 12.2. The van der Waals surface area contributed by atoms with E-state index in [0.29, 0.717) is 36.9 Å². The number of rotatable bonds is 6. The van der Waals surface area contributed by atoms with Gasteiger partial charge in [-0.3, -0.25) is 4.72 Å². The van der Waals surface area contributed by atoms with Gasteiger partial charge in [0, 0.05) is 12.6 Å². The van der Waals surface area contributed by atoms with Crippen molar-refractivity contribution in [2.75, 3.05) is 31.0 Å². The van der Waals surface area contributed by atoms with Crippen molar-refractivity contribution in [2.24, 2.45) is 0 Å². The van der Waals surface area contributed by atoms with Crippen molar-refractivity contribution < 1.29 is 17.9 Å². The Labute approximate surface area is 119 Å². The zero-order valence-corrected chi connectivity index (χ0v) is 12.5. The van der Waals surface area contributed by atoms with Crippen LogP contribution in [0, 0.1) is 0 Å². The standard InChI is InChI=1S/C13H20N2O4S/c1-3-14-9-10(2)20(16,17)15-11-4-5-12-13(8-11)19-7-6-18-12/h4-5,8,10,14-15H,3,6-7,9H2,1-2H3. The zero-order valence-electron chi connectivity index (χ0n) is 11.7. The summed E-state index contributed by atoms with van der Waals surface area (Å²) in [7, 11) is -3.42. The monoisotopic (exact) mass is 300 g/mol. The average Bonchev–Trinajstić information content (AvgIpc) is 2.44. The molecule has 112 valence electrons. The Hall–Kier alpha value is -1.47. The number of anilines is 1. The Morgan fingerprint density at radius 1 is 1.25 bits per heavy atom. The lowest BCUT2D eigenvalue weighted by molar-refractivity contribution is 0.171. The second-order valence-electron chi connectivity index (χ2n) is 4.62. The molecule has 1 aliphatic heterocycles. The minimum absolute atomic E-state index is 0.413. The largest absolute Gasteiger partial charge is 0.486 e. The predicted molar refractivity (Wildman–Crippen MR) is 78.0 cm³/mol. The topological polar surface area (TPSA) is 76.7 Å². The van der Waals surface area contributed by atoms with E-state index in [9.17, 15) is 8.42 Å². The Morgan fingerprint density at radius 3 is 2.65 bits per heavy atom. The summed E-state index contributed by atoms with van der Waals surface area (Å²) in [5.41, 5.74) is 0.484. The maximum Gasteiger partial charge on any atom is 0.236 e. The van der Waals surface area contributed by atoms with Gasteiger partial charge in [-0.1, -0.05) is 6.92 Å². The highest BCUT2D eigenvalue weighted by atomic mass is 32.2. The van der Waals surface area contributed by atoms with Crippen LogP contribution in [0.2, 0.25) is 0 Å². The van der Waals surface area contributed by atoms with E-state index in [4.69, 9.17) is 9.47 Å². The number of ether oxygens (including phenoxy) is 2. The number of fused-ring (bicyclic) bond motifs is 1. The molecule has 0 saturated heterocycles. The third-order valence-corrected chi connectivity index (χ3v) is 4.76. The van der Waals surface area contributed by atoms with Crippen LogP contribution in [0.5, 0.6) is 11.5 Å². The minimum atomic E-state index is -3.42. The van der Waals surface area contributed by atoms with Gasteiger partial charge in [-0.2, -0.15) is 0 Å². The minimum Gasteiger partial charge on any atom is -0.486 e. The van der Waals surface area contributed by atoms with Crippen LogP contribution in [0.4, 0.5) is 5.69 Å². The molecular weight excluding hydrogens is 280 g/mol. The van der Waals surface area contributed by atoms with E-state index < -0.39 is 15.3 Å². The van der Waals surface area contributed by atoms with Gasteiger partial charge in [-0.05, 0) is 25.6 Å². The first-order chi connectivity index (χ1) is 9.53. The van der Waals surface area contributed by atoms with Crippen LogP contribution < -0.4 is 19.5 Å². The summed E-state index contributed by atoms with van der Waals surface area (Å²) >= 11 is 0. The SMILES string of the molecule is CCNCC(C)S(=O)(=O)Nc1ccc2c(c1)OCCO2. The third-order valence-electron chi connectivity index (χ3n) is 3.01. The Balaban J connectivity index is 2.09. The van der Waals surface area contributed by atoms with Crippen molar-refractivity contribution in [1.82, 2.24) is 5.32 Å². The van der Waals surface area contributed by atoms with Crippen molar-refractivity contribution in [3.63, 3.8) is 0 Å². The molecule has 1 unspecified atom stereocenters. The lowest BCUT2D eigenvalue weighted by Gasteiger charge is -2.20. The van der Waals surface area contributed by atoms with Gasteiger partial charge in [-0.15, -0.1) is 0 Å². The van der Waals surface area contributed by atoms with Crippen LogP contribution in [0.3, 0.4) is 0 Å². The zero-order chi connectivity index (χ0) is 14.6. The van der Waals surface area contributed by atoms with Crippen LogP contribution >= 0.6 is 0 Å². The summed E-state index contributed by atoms with van der Waals surface area (Å²) in [4.78, 5) is 0. The fourth-order valence-corrected chi connectivity index (χ4v) is 2.82. The van der Waals surface area contributed by atoms with Gasteiger partial charge in [0.05, 0.1) is 10.9 Å². The molecule has 0 aromatic heterocycles. The van der Waals surface area contributed by atoms with E-state index in [1.807, 2.05) is 6.92 Å². The van der Waals surface area contributed by atoms with Crippen LogP contribution in [-0.4, -0.2) is 40.0 Å². The number of hydrogen-bond donors (Lipinski definition) is 2. The van der Waals surface area contributed by atoms with Crippen LogP contribution in [0.1, 0.15) is 13.8 Å². The molecule has 1 aliphatic rings. The number of sulfonamides is 1. The number of nitrogens with one attached hydrogen (secondary N) is 2. The lowest BCUT2D eigenvalue weighted by atomic mass is 10.3. The van der Waals surface area contributed by atoms with Gasteiger partial charge in [0.15, 0.2) is 11.5 Å². The molecule has 1 aromatic rings. The summed E-state index contributed by atoms with van der Waals surface area (Å²) in [5, 5.41) is 2.51. The van der Waals surface area contributed by atoms with Crippen molar-refractivity contribution in [3.8, 4) is 11.5 Å². The average molecular weight is 300 g/mol. The first-order valence-corrected chi connectivity index (χ1v) is 8.19. The van der Waals surface area contributed by atoms with E-state index in [2.05, 4.69) is 10.0 Å². The second kappa shape index (κ2) is 6.32. The van der Waals surface area contributed by atoms with Gasteiger partial charge in [0.2, 0.25) is 10.0 Å². The molecule has 7 heteroatoms. The Morgan fingerprint density at radius 2 is 1.95 bits per heavy atom. The van der Waals surface area contributed by atoms with Gasteiger partial charge >= 0.3 is 0 Å². The number of benzene rings is 1. The van der Waals surface area contributed by atoms with Gasteiger partial charge in [0.1, 0.15) is 13.2 Å². The molecule has 2 N–H and O–H groups in total. The summed E-state index contributed by atoms with van der Waals surface area (Å²) < 4.78 is 37.7. The molecule has 0 radical (unpaired) electrons. The molecule has 0 bridgehead atoms. The van der Waals surface area contributed by atoms with E-state index in [-0.39, 0.29) is 0 Å². The molecule has 0 saturated carbocycles. The molecule has 0 aliphatic carbocycles. The normalized spacial score (nSPS) is 15.7. The molecule has 6 nitrogen and oxygen atoms in total. The molecule has 0 fully saturated rings. The summed E-state index contributed by atoms with van der Waals surface area (Å²) in [6, 6.07) is 5.03. The predicted octanol–water partition coefficient (Wildman–Crippen LogP) is 1.20. The van der Waals surface area contributed by atoms with E-state index >= 15 is 0 Å². The second-order valence-corrected chi connectivity index (χ2v) is 6.72. The van der Waals surface area contributed by atoms with Crippen molar-refractivity contribution >= 4 is 15.7 Å². The van der Waals surface area contributed by atoms with Gasteiger partial charge in [-0.25, -0.2) is 8.42 Å². The van der Waals surface area contributed by atoms with Crippen molar-refractivity contribution in [1.29, 1.82) is 0 Å². The van der Waals surface area contributed by atoms with Crippen molar-refractivity contribution in [2.45, 2.75) is 19.1 Å². The Bertz CT molecular complexity index is 559. The summed E-state index contributed by atoms with van der Waals surface area (Å²) in [6.45, 7) is 5.74. The molecule has 1 atom stereocenters. The van der Waals surface area contributed by atoms with E-state index in [1.165, 1.54) is 0 Å². The molecule has 0 amide bonds. The van der Waals surface area contributed by atoms with Gasteiger partial charge < -0.3 is 14.8 Å². The quantitative estimate of drug-likeness (QED) is 0.825. The first kappa shape index (κ1) is 14.9. The summed E-state index contributed by atoms with van der Waals surface area (Å²) in [5.74, 6) is 1.20. The fraction of sp³-hybridized carbons (Fsp3) is 0.538. The lowest BCUT2D eigenvalue weighted by Crippen LogP contribution is -2.34. The molecule has 1 heterocycles.